The third-order valence-electron chi connectivity index (χ3n) is 6.00. The number of nitrogens with zero attached hydrogens (tertiary/aromatic N) is 3. The zero-order valence-corrected chi connectivity index (χ0v) is 16.5. The summed E-state index contributed by atoms with van der Waals surface area (Å²) in [4.78, 5) is 18.1. The molecule has 2 aromatic rings. The number of carbonyl (C=O) groups excluding carboxylic acids is 1. The minimum atomic E-state index is -0.548. The first-order valence-corrected chi connectivity index (χ1v) is 9.73. The molecule has 0 spiro atoms. The van der Waals surface area contributed by atoms with Gasteiger partial charge in [-0.25, -0.2) is 18.0 Å². The number of rotatable bonds is 3. The summed E-state index contributed by atoms with van der Waals surface area (Å²) in [5, 5.41) is 0. The zero-order chi connectivity index (χ0) is 20.7. The summed E-state index contributed by atoms with van der Waals surface area (Å²) in [5.41, 5.74) is 0.822. The smallest absolute Gasteiger partial charge is 0.320 e. The van der Waals surface area contributed by atoms with Gasteiger partial charge in [0.1, 0.15) is 17.5 Å². The van der Waals surface area contributed by atoms with Crippen LogP contribution in [0, 0.1) is 29.3 Å². The predicted octanol–water partition coefficient (Wildman–Crippen LogP) is 3.89. The highest BCUT2D eigenvalue weighted by molar-refractivity contribution is 5.75. The molecule has 0 unspecified atom stereocenters. The van der Waals surface area contributed by atoms with E-state index in [-0.39, 0.29) is 41.8 Å². The monoisotopic (exact) mass is 403 g/mol. The van der Waals surface area contributed by atoms with Gasteiger partial charge < -0.3 is 9.80 Å². The molecule has 2 saturated heterocycles. The number of urea groups is 1. The molecule has 154 valence electrons. The van der Waals surface area contributed by atoms with Crippen molar-refractivity contribution in [3.63, 3.8) is 0 Å². The van der Waals surface area contributed by atoms with Gasteiger partial charge in [-0.2, -0.15) is 0 Å². The van der Waals surface area contributed by atoms with E-state index in [0.29, 0.717) is 19.6 Å². The fourth-order valence-electron chi connectivity index (χ4n) is 4.74. The van der Waals surface area contributed by atoms with Gasteiger partial charge in [0.05, 0.1) is 6.04 Å². The topological polar surface area (TPSA) is 26.8 Å². The number of fused-ring (bicyclic) bond motifs is 1. The van der Waals surface area contributed by atoms with Crippen LogP contribution in [0.1, 0.15) is 17.2 Å². The standard InChI is InChI=1S/C22H24F3N3O/c1-26(2)22(29)28-11-15-10-27(13-18-19(24)7-4-8-20(18)25)12-17(15)21(28)14-5-3-6-16(23)9-14/h3-9,15,17,21H,10-13H2,1-2H3/t15-,17-,21+/m1/s1. The van der Waals surface area contributed by atoms with E-state index in [1.54, 1.807) is 25.1 Å². The summed E-state index contributed by atoms with van der Waals surface area (Å²) < 4.78 is 42.0. The molecule has 0 radical (unpaired) electrons. The lowest BCUT2D eigenvalue weighted by Gasteiger charge is -2.32. The SMILES string of the molecule is CN(C)C(=O)N1C[C@H]2CN(Cc3c(F)cccc3F)C[C@H]2[C@@H]1c1cccc(F)c1. The van der Waals surface area contributed by atoms with Crippen molar-refractivity contribution in [2.24, 2.45) is 11.8 Å². The Morgan fingerprint density at radius 2 is 1.72 bits per heavy atom. The van der Waals surface area contributed by atoms with Gasteiger partial charge in [0, 0.05) is 51.8 Å². The summed E-state index contributed by atoms with van der Waals surface area (Å²) in [6, 6.07) is 9.87. The average Bonchev–Trinajstić information content (AvgIpc) is 3.21. The molecule has 4 nitrogen and oxygen atoms in total. The van der Waals surface area contributed by atoms with Gasteiger partial charge in [-0.1, -0.05) is 18.2 Å². The normalized spacial score (nSPS) is 24.0. The molecule has 2 aromatic carbocycles. The van der Waals surface area contributed by atoms with Gasteiger partial charge in [0.2, 0.25) is 0 Å². The summed E-state index contributed by atoms with van der Waals surface area (Å²) in [6.07, 6.45) is 0. The van der Waals surface area contributed by atoms with Crippen LogP contribution in [-0.4, -0.2) is 54.5 Å². The molecule has 2 aliphatic rings. The van der Waals surface area contributed by atoms with E-state index >= 15 is 0 Å². The van der Waals surface area contributed by atoms with E-state index < -0.39 is 11.6 Å². The molecule has 0 saturated carbocycles. The first-order chi connectivity index (χ1) is 13.8. The first-order valence-electron chi connectivity index (χ1n) is 9.73. The van der Waals surface area contributed by atoms with Crippen molar-refractivity contribution in [3.8, 4) is 0 Å². The molecule has 29 heavy (non-hydrogen) atoms. The Kier molecular flexibility index (Phi) is 5.25. The lowest BCUT2D eigenvalue weighted by molar-refractivity contribution is 0.151. The number of likely N-dealkylation sites (tertiary alicyclic amines) is 2. The Hall–Kier alpha value is -2.54. The van der Waals surface area contributed by atoms with Crippen molar-refractivity contribution < 1.29 is 18.0 Å². The van der Waals surface area contributed by atoms with Crippen molar-refractivity contribution >= 4 is 6.03 Å². The van der Waals surface area contributed by atoms with E-state index in [0.717, 1.165) is 5.56 Å². The maximum absolute atomic E-state index is 14.1. The van der Waals surface area contributed by atoms with Crippen LogP contribution in [0.5, 0.6) is 0 Å². The highest BCUT2D eigenvalue weighted by atomic mass is 19.1. The highest BCUT2D eigenvalue weighted by Crippen LogP contribution is 2.45. The molecule has 4 rings (SSSR count). The lowest BCUT2D eigenvalue weighted by atomic mass is 9.89. The van der Waals surface area contributed by atoms with Crippen LogP contribution >= 0.6 is 0 Å². The fraction of sp³-hybridized carbons (Fsp3) is 0.409. The Bertz CT molecular complexity index is 900. The molecule has 7 heteroatoms. The molecule has 2 amide bonds. The maximum atomic E-state index is 14.1. The number of amides is 2. The third-order valence-corrected chi connectivity index (χ3v) is 6.00. The van der Waals surface area contributed by atoms with Crippen LogP contribution in [0.4, 0.5) is 18.0 Å². The molecule has 0 bridgehead atoms. The Morgan fingerprint density at radius 3 is 2.38 bits per heavy atom. The Morgan fingerprint density at radius 1 is 1.03 bits per heavy atom. The molecular weight excluding hydrogens is 379 g/mol. The molecular formula is C22H24F3N3O. The molecule has 0 aliphatic carbocycles. The largest absolute Gasteiger partial charge is 0.331 e. The van der Waals surface area contributed by atoms with E-state index in [9.17, 15) is 18.0 Å². The fourth-order valence-corrected chi connectivity index (χ4v) is 4.74. The van der Waals surface area contributed by atoms with Crippen molar-refractivity contribution in [2.75, 3.05) is 33.7 Å². The van der Waals surface area contributed by atoms with Gasteiger partial charge >= 0.3 is 6.03 Å². The average molecular weight is 403 g/mol. The summed E-state index contributed by atoms with van der Waals surface area (Å²) in [5.74, 6) is -1.19. The van der Waals surface area contributed by atoms with Crippen LogP contribution in [0.15, 0.2) is 42.5 Å². The number of carbonyl (C=O) groups is 1. The summed E-state index contributed by atoms with van der Waals surface area (Å²) >= 11 is 0. The second-order valence-corrected chi connectivity index (χ2v) is 8.15. The van der Waals surface area contributed by atoms with Crippen molar-refractivity contribution in [3.05, 3.63) is 71.0 Å². The minimum absolute atomic E-state index is 0.0657. The molecule has 0 aromatic heterocycles. The number of halogens is 3. The van der Waals surface area contributed by atoms with E-state index in [1.807, 2.05) is 11.0 Å². The van der Waals surface area contributed by atoms with Crippen molar-refractivity contribution in [1.29, 1.82) is 0 Å². The Balaban J connectivity index is 1.59. The van der Waals surface area contributed by atoms with Gasteiger partial charge in [0.25, 0.3) is 0 Å². The van der Waals surface area contributed by atoms with Crippen LogP contribution in [-0.2, 0) is 6.54 Å². The number of benzene rings is 2. The third kappa shape index (κ3) is 3.71. The number of hydrogen-bond acceptors (Lipinski definition) is 2. The van der Waals surface area contributed by atoms with Crippen molar-refractivity contribution in [1.82, 2.24) is 14.7 Å². The van der Waals surface area contributed by atoms with Crippen LogP contribution in [0.2, 0.25) is 0 Å². The van der Waals surface area contributed by atoms with E-state index in [4.69, 9.17) is 0 Å². The molecule has 2 heterocycles. The zero-order valence-electron chi connectivity index (χ0n) is 16.5. The van der Waals surface area contributed by atoms with Gasteiger partial charge in [-0.15, -0.1) is 0 Å². The highest BCUT2D eigenvalue weighted by Gasteiger charge is 2.49. The minimum Gasteiger partial charge on any atom is -0.331 e. The van der Waals surface area contributed by atoms with Crippen LogP contribution in [0.3, 0.4) is 0 Å². The van der Waals surface area contributed by atoms with Crippen LogP contribution < -0.4 is 0 Å². The second kappa shape index (κ2) is 7.71. The Labute approximate surface area is 168 Å². The quantitative estimate of drug-likeness (QED) is 0.778. The number of hydrogen-bond donors (Lipinski definition) is 0. The second-order valence-electron chi connectivity index (χ2n) is 8.15. The molecule has 2 aliphatic heterocycles. The maximum Gasteiger partial charge on any atom is 0.320 e. The van der Waals surface area contributed by atoms with E-state index in [1.165, 1.54) is 35.2 Å². The van der Waals surface area contributed by atoms with Gasteiger partial charge in [0.15, 0.2) is 0 Å². The predicted molar refractivity (Wildman–Crippen MR) is 104 cm³/mol. The van der Waals surface area contributed by atoms with Gasteiger partial charge in [-0.3, -0.25) is 4.90 Å². The molecule has 0 N–H and O–H groups in total. The summed E-state index contributed by atoms with van der Waals surface area (Å²) in [7, 11) is 3.40. The molecule has 2 fully saturated rings. The van der Waals surface area contributed by atoms with Crippen LogP contribution in [0.25, 0.3) is 0 Å². The van der Waals surface area contributed by atoms with E-state index in [2.05, 4.69) is 0 Å². The first kappa shape index (κ1) is 19.8. The lowest BCUT2D eigenvalue weighted by Crippen LogP contribution is -2.41. The molecule has 3 atom stereocenters. The van der Waals surface area contributed by atoms with Gasteiger partial charge in [-0.05, 0) is 35.7 Å². The van der Waals surface area contributed by atoms with Crippen molar-refractivity contribution in [2.45, 2.75) is 12.6 Å². The summed E-state index contributed by atoms with van der Waals surface area (Å²) in [6.45, 7) is 1.96.